The van der Waals surface area contributed by atoms with Crippen molar-refractivity contribution in [3.63, 3.8) is 0 Å². The average molecular weight is 515 g/mol. The minimum Gasteiger partial charge on any atom is -0.383 e. The summed E-state index contributed by atoms with van der Waals surface area (Å²) in [7, 11) is 1.55. The SMILES string of the molecule is CCCn1c(=O)n(CCOC)c(=O)c2c1nc(CC)n2Cc1ccc(-c2ccccc2-c2nn[nH]n2)cc1. The number of fused-ring (bicyclic) bond motifs is 1. The number of methoxy groups -OCH3 is 1. The van der Waals surface area contributed by atoms with Crippen LogP contribution in [0.25, 0.3) is 33.7 Å². The minimum absolute atomic E-state index is 0.189. The predicted octanol–water partition coefficient (Wildman–Crippen LogP) is 2.87. The molecule has 1 N–H and O–H groups in total. The summed E-state index contributed by atoms with van der Waals surface area (Å²) in [5.74, 6) is 1.29. The smallest absolute Gasteiger partial charge is 0.332 e. The van der Waals surface area contributed by atoms with Crippen LogP contribution in [-0.2, 0) is 30.8 Å². The Morgan fingerprint density at radius 1 is 0.921 bits per heavy atom. The Hall–Kier alpha value is -4.38. The number of aromatic amines is 1. The van der Waals surface area contributed by atoms with E-state index in [1.807, 2.05) is 66.9 Å². The molecule has 0 amide bonds. The van der Waals surface area contributed by atoms with Crippen molar-refractivity contribution >= 4 is 11.2 Å². The Bertz CT molecular complexity index is 1660. The Morgan fingerprint density at radius 3 is 2.34 bits per heavy atom. The van der Waals surface area contributed by atoms with Gasteiger partial charge in [-0.15, -0.1) is 10.2 Å². The summed E-state index contributed by atoms with van der Waals surface area (Å²) in [6.45, 7) is 5.40. The average Bonchev–Trinajstić information content (AvgIpc) is 3.60. The van der Waals surface area contributed by atoms with Gasteiger partial charge in [0.25, 0.3) is 5.56 Å². The molecule has 0 saturated heterocycles. The third-order valence-corrected chi connectivity index (χ3v) is 6.59. The number of aryl methyl sites for hydroxylation is 2. The van der Waals surface area contributed by atoms with Crippen molar-refractivity contribution < 1.29 is 4.74 Å². The predicted molar refractivity (Wildman–Crippen MR) is 144 cm³/mol. The van der Waals surface area contributed by atoms with Gasteiger partial charge in [0.1, 0.15) is 5.82 Å². The molecule has 0 fully saturated rings. The van der Waals surface area contributed by atoms with Gasteiger partial charge in [0.15, 0.2) is 11.2 Å². The molecule has 3 aromatic heterocycles. The fourth-order valence-electron chi connectivity index (χ4n) is 4.76. The van der Waals surface area contributed by atoms with Crippen LogP contribution in [0, 0.1) is 0 Å². The number of nitrogens with zero attached hydrogens (tertiary/aromatic N) is 7. The first-order valence-electron chi connectivity index (χ1n) is 12.7. The zero-order valence-electron chi connectivity index (χ0n) is 21.7. The molecule has 196 valence electrons. The molecule has 0 aliphatic heterocycles. The Morgan fingerprint density at radius 2 is 1.68 bits per heavy atom. The van der Waals surface area contributed by atoms with E-state index < -0.39 is 0 Å². The van der Waals surface area contributed by atoms with Crippen molar-refractivity contribution in [2.75, 3.05) is 13.7 Å². The first-order valence-corrected chi connectivity index (χ1v) is 12.7. The topological polar surface area (TPSA) is 126 Å². The van der Waals surface area contributed by atoms with E-state index in [4.69, 9.17) is 9.72 Å². The highest BCUT2D eigenvalue weighted by atomic mass is 16.5. The maximum absolute atomic E-state index is 13.6. The summed E-state index contributed by atoms with van der Waals surface area (Å²) >= 11 is 0. The van der Waals surface area contributed by atoms with Crippen molar-refractivity contribution in [2.24, 2.45) is 0 Å². The second-order valence-corrected chi connectivity index (χ2v) is 9.00. The lowest BCUT2D eigenvalue weighted by atomic mass is 9.98. The van der Waals surface area contributed by atoms with E-state index in [0.717, 1.165) is 34.5 Å². The molecule has 0 saturated carbocycles. The van der Waals surface area contributed by atoms with Gasteiger partial charge in [-0.05, 0) is 28.3 Å². The Labute approximate surface area is 218 Å². The van der Waals surface area contributed by atoms with Gasteiger partial charge in [0.2, 0.25) is 5.82 Å². The highest BCUT2D eigenvalue weighted by Gasteiger charge is 2.21. The van der Waals surface area contributed by atoms with Gasteiger partial charge >= 0.3 is 5.69 Å². The Balaban J connectivity index is 1.57. The van der Waals surface area contributed by atoms with Gasteiger partial charge in [0.05, 0.1) is 13.2 Å². The zero-order chi connectivity index (χ0) is 26.6. The van der Waals surface area contributed by atoms with Crippen LogP contribution in [0.5, 0.6) is 0 Å². The third-order valence-electron chi connectivity index (χ3n) is 6.59. The van der Waals surface area contributed by atoms with E-state index in [-0.39, 0.29) is 24.4 Å². The largest absolute Gasteiger partial charge is 0.383 e. The molecule has 38 heavy (non-hydrogen) atoms. The fraction of sp³-hybridized carbons (Fsp3) is 0.333. The van der Waals surface area contributed by atoms with E-state index in [9.17, 15) is 9.59 Å². The molecule has 5 aromatic rings. The van der Waals surface area contributed by atoms with Crippen LogP contribution < -0.4 is 11.2 Å². The number of ether oxygens (including phenoxy) is 1. The van der Waals surface area contributed by atoms with Crippen molar-refractivity contribution in [3.05, 3.63) is 80.8 Å². The summed E-state index contributed by atoms with van der Waals surface area (Å²) < 4.78 is 9.97. The molecule has 0 aliphatic carbocycles. The van der Waals surface area contributed by atoms with Gasteiger partial charge < -0.3 is 9.30 Å². The monoisotopic (exact) mass is 514 g/mol. The summed E-state index contributed by atoms with van der Waals surface area (Å²) in [4.78, 5) is 31.5. The molecule has 0 radical (unpaired) electrons. The van der Waals surface area contributed by atoms with Crippen LogP contribution in [0.2, 0.25) is 0 Å². The molecular formula is C27H30N8O3. The summed E-state index contributed by atoms with van der Waals surface area (Å²) in [5.41, 5.74) is 4.09. The fourth-order valence-corrected chi connectivity index (χ4v) is 4.76. The van der Waals surface area contributed by atoms with Gasteiger partial charge in [0, 0.05) is 32.2 Å². The van der Waals surface area contributed by atoms with Crippen LogP contribution in [0.4, 0.5) is 0 Å². The maximum atomic E-state index is 13.6. The first-order chi connectivity index (χ1) is 18.6. The van der Waals surface area contributed by atoms with Crippen molar-refractivity contribution in [1.29, 1.82) is 0 Å². The number of nitrogens with one attached hydrogen (secondary N) is 1. The molecule has 0 unspecified atom stereocenters. The van der Waals surface area contributed by atoms with Crippen LogP contribution in [0.15, 0.2) is 58.1 Å². The molecule has 0 spiro atoms. The van der Waals surface area contributed by atoms with Crippen molar-refractivity contribution in [1.82, 2.24) is 39.3 Å². The molecule has 3 heterocycles. The lowest BCUT2D eigenvalue weighted by Crippen LogP contribution is -2.41. The van der Waals surface area contributed by atoms with E-state index in [2.05, 4.69) is 20.6 Å². The van der Waals surface area contributed by atoms with Gasteiger partial charge in [-0.1, -0.05) is 62.4 Å². The van der Waals surface area contributed by atoms with Crippen LogP contribution >= 0.6 is 0 Å². The summed E-state index contributed by atoms with van der Waals surface area (Å²) in [6.07, 6.45) is 1.38. The standard InChI is InChI=1S/C27H30N8O3/c1-4-14-33-25-23(26(36)34(27(33)37)15-16-38-3)35(22(5-2)28-25)17-18-10-12-19(13-11-18)20-8-6-7-9-21(20)24-29-31-32-30-24/h6-13H,4-5,14-17H2,1-3H3,(H,29,30,31,32). The number of aromatic nitrogens is 8. The van der Waals surface area contributed by atoms with Crippen LogP contribution in [0.3, 0.4) is 0 Å². The number of H-pyrrole nitrogens is 1. The van der Waals surface area contributed by atoms with E-state index in [1.165, 1.54) is 4.57 Å². The van der Waals surface area contributed by atoms with E-state index in [1.54, 1.807) is 11.7 Å². The Kier molecular flexibility index (Phi) is 7.27. The molecule has 0 atom stereocenters. The lowest BCUT2D eigenvalue weighted by Gasteiger charge is -2.13. The zero-order valence-corrected chi connectivity index (χ0v) is 21.7. The quantitative estimate of drug-likeness (QED) is 0.304. The van der Waals surface area contributed by atoms with Gasteiger partial charge in [-0.25, -0.2) is 9.78 Å². The van der Waals surface area contributed by atoms with E-state index in [0.29, 0.717) is 36.5 Å². The highest BCUT2D eigenvalue weighted by Crippen LogP contribution is 2.30. The van der Waals surface area contributed by atoms with Gasteiger partial charge in [-0.3, -0.25) is 13.9 Å². The molecule has 0 bridgehead atoms. The molecule has 11 nitrogen and oxygen atoms in total. The van der Waals surface area contributed by atoms with Crippen LogP contribution in [-0.4, -0.2) is 53.0 Å². The number of rotatable bonds is 10. The maximum Gasteiger partial charge on any atom is 0.332 e. The van der Waals surface area contributed by atoms with Gasteiger partial charge in [-0.2, -0.15) is 5.21 Å². The number of hydrogen-bond donors (Lipinski definition) is 1. The first kappa shape index (κ1) is 25.3. The number of hydrogen-bond acceptors (Lipinski definition) is 7. The molecule has 5 rings (SSSR count). The normalized spacial score (nSPS) is 11.4. The summed E-state index contributed by atoms with van der Waals surface area (Å²) in [6, 6.07) is 16.1. The molecule has 11 heteroatoms. The lowest BCUT2D eigenvalue weighted by molar-refractivity contribution is 0.184. The number of imidazole rings is 1. The minimum atomic E-state index is -0.349. The second-order valence-electron chi connectivity index (χ2n) is 9.00. The second kappa shape index (κ2) is 10.9. The van der Waals surface area contributed by atoms with Crippen molar-refractivity contribution in [2.45, 2.75) is 46.3 Å². The summed E-state index contributed by atoms with van der Waals surface area (Å²) in [5, 5.41) is 14.4. The van der Waals surface area contributed by atoms with E-state index >= 15 is 0 Å². The van der Waals surface area contributed by atoms with Crippen LogP contribution in [0.1, 0.15) is 31.7 Å². The highest BCUT2D eigenvalue weighted by molar-refractivity contribution is 5.80. The van der Waals surface area contributed by atoms with Crippen molar-refractivity contribution in [3.8, 4) is 22.5 Å². The third kappa shape index (κ3) is 4.56. The number of benzene rings is 2. The molecule has 0 aliphatic rings. The molecule has 2 aromatic carbocycles. The number of tetrazole rings is 1. The molecular weight excluding hydrogens is 484 g/mol.